The van der Waals surface area contributed by atoms with Gasteiger partial charge in [0.1, 0.15) is 5.82 Å². The van der Waals surface area contributed by atoms with E-state index >= 15 is 0 Å². The Hall–Kier alpha value is -2.92. The SMILES string of the molecule is Cc1cc(-c2ccc(CNc3nccc4cc(S)ccc34)cn2)ccn1. The Bertz CT molecular complexity index is 1060. The number of pyridine rings is 3. The van der Waals surface area contributed by atoms with Crippen molar-refractivity contribution in [2.24, 2.45) is 0 Å². The summed E-state index contributed by atoms with van der Waals surface area (Å²) in [5, 5.41) is 5.61. The van der Waals surface area contributed by atoms with E-state index in [0.717, 1.165) is 44.0 Å². The number of nitrogens with one attached hydrogen (secondary N) is 1. The number of fused-ring (bicyclic) bond motifs is 1. The van der Waals surface area contributed by atoms with Gasteiger partial charge >= 0.3 is 0 Å². The summed E-state index contributed by atoms with van der Waals surface area (Å²) in [6.07, 6.45) is 5.52. The molecule has 1 aromatic carbocycles. The lowest BCUT2D eigenvalue weighted by Crippen LogP contribution is -2.02. The van der Waals surface area contributed by atoms with Gasteiger partial charge in [0.15, 0.2) is 0 Å². The predicted octanol–water partition coefficient (Wildman–Crippen LogP) is 4.90. The monoisotopic (exact) mass is 358 g/mol. The standard InChI is InChI=1S/C21H18N4S/c1-14-10-17(7-8-22-14)20-5-2-15(12-24-20)13-25-21-19-4-3-18(26)11-16(19)6-9-23-21/h2-12,26H,13H2,1H3,(H,23,25). The lowest BCUT2D eigenvalue weighted by atomic mass is 10.1. The Kier molecular flexibility index (Phi) is 4.54. The number of hydrogen-bond donors (Lipinski definition) is 2. The number of hydrogen-bond acceptors (Lipinski definition) is 5. The van der Waals surface area contributed by atoms with Gasteiger partial charge in [-0.2, -0.15) is 0 Å². The largest absolute Gasteiger partial charge is 0.365 e. The first-order valence-corrected chi connectivity index (χ1v) is 8.83. The van der Waals surface area contributed by atoms with E-state index in [-0.39, 0.29) is 0 Å². The number of benzene rings is 1. The summed E-state index contributed by atoms with van der Waals surface area (Å²) in [6, 6.07) is 16.2. The fraction of sp³-hybridized carbons (Fsp3) is 0.0952. The third-order valence-electron chi connectivity index (χ3n) is 4.23. The summed E-state index contributed by atoms with van der Waals surface area (Å²) in [6.45, 7) is 2.65. The molecule has 0 spiro atoms. The van der Waals surface area contributed by atoms with Crippen LogP contribution in [-0.4, -0.2) is 15.0 Å². The van der Waals surface area contributed by atoms with Crippen molar-refractivity contribution in [2.45, 2.75) is 18.4 Å². The van der Waals surface area contributed by atoms with Crippen LogP contribution in [0.3, 0.4) is 0 Å². The van der Waals surface area contributed by atoms with E-state index in [4.69, 9.17) is 0 Å². The van der Waals surface area contributed by atoms with Crippen LogP contribution in [0.4, 0.5) is 5.82 Å². The molecule has 4 aromatic rings. The van der Waals surface area contributed by atoms with E-state index < -0.39 is 0 Å². The third kappa shape index (κ3) is 3.53. The van der Waals surface area contributed by atoms with Gasteiger partial charge in [-0.25, -0.2) is 4.98 Å². The molecule has 4 nitrogen and oxygen atoms in total. The quantitative estimate of drug-likeness (QED) is 0.509. The highest BCUT2D eigenvalue weighted by atomic mass is 32.1. The molecule has 0 amide bonds. The van der Waals surface area contributed by atoms with Crippen LogP contribution in [0.1, 0.15) is 11.3 Å². The lowest BCUT2D eigenvalue weighted by Gasteiger charge is -2.09. The molecule has 4 rings (SSSR count). The molecule has 0 unspecified atom stereocenters. The average molecular weight is 358 g/mol. The highest BCUT2D eigenvalue weighted by molar-refractivity contribution is 7.80. The first-order chi connectivity index (χ1) is 12.7. The normalized spacial score (nSPS) is 10.8. The molecule has 0 atom stereocenters. The van der Waals surface area contributed by atoms with E-state index in [9.17, 15) is 0 Å². The minimum absolute atomic E-state index is 0.664. The van der Waals surface area contributed by atoms with Gasteiger partial charge < -0.3 is 5.32 Å². The van der Waals surface area contributed by atoms with Crippen LogP contribution < -0.4 is 5.32 Å². The molecule has 128 valence electrons. The lowest BCUT2D eigenvalue weighted by molar-refractivity contribution is 1.09. The molecule has 1 N–H and O–H groups in total. The maximum Gasteiger partial charge on any atom is 0.134 e. The van der Waals surface area contributed by atoms with Gasteiger partial charge in [-0.15, -0.1) is 12.6 Å². The minimum atomic E-state index is 0.664. The smallest absolute Gasteiger partial charge is 0.134 e. The maximum absolute atomic E-state index is 4.58. The molecule has 0 radical (unpaired) electrons. The van der Waals surface area contributed by atoms with Gasteiger partial charge in [-0.3, -0.25) is 9.97 Å². The van der Waals surface area contributed by atoms with Gasteiger partial charge in [0.05, 0.1) is 5.69 Å². The van der Waals surface area contributed by atoms with E-state index in [1.807, 2.05) is 68.0 Å². The number of thiol groups is 1. The van der Waals surface area contributed by atoms with Crippen molar-refractivity contribution >= 4 is 29.2 Å². The van der Waals surface area contributed by atoms with Gasteiger partial charge in [0.25, 0.3) is 0 Å². The Morgan fingerprint density at radius 1 is 0.923 bits per heavy atom. The van der Waals surface area contributed by atoms with Crippen molar-refractivity contribution < 1.29 is 0 Å². The summed E-state index contributed by atoms with van der Waals surface area (Å²) >= 11 is 4.40. The summed E-state index contributed by atoms with van der Waals surface area (Å²) < 4.78 is 0. The number of aryl methyl sites for hydroxylation is 1. The third-order valence-corrected chi connectivity index (χ3v) is 4.50. The van der Waals surface area contributed by atoms with Gasteiger partial charge in [0, 0.05) is 46.7 Å². The molecule has 0 fully saturated rings. The molecule has 0 saturated heterocycles. The van der Waals surface area contributed by atoms with Crippen LogP contribution in [-0.2, 0) is 6.54 Å². The second-order valence-corrected chi connectivity index (χ2v) is 6.67. The number of rotatable bonds is 4. The van der Waals surface area contributed by atoms with E-state index in [2.05, 4.69) is 39.0 Å². The van der Waals surface area contributed by atoms with Crippen LogP contribution in [0.25, 0.3) is 22.0 Å². The Morgan fingerprint density at radius 3 is 2.62 bits per heavy atom. The van der Waals surface area contributed by atoms with Crippen LogP contribution in [0, 0.1) is 6.92 Å². The fourth-order valence-corrected chi connectivity index (χ4v) is 3.11. The molecular weight excluding hydrogens is 340 g/mol. The highest BCUT2D eigenvalue weighted by Gasteiger charge is 2.04. The topological polar surface area (TPSA) is 50.7 Å². The summed E-state index contributed by atoms with van der Waals surface area (Å²) in [5.41, 5.74) is 4.12. The average Bonchev–Trinajstić information content (AvgIpc) is 2.66. The molecular formula is C21H18N4S. The molecule has 3 aromatic heterocycles. The highest BCUT2D eigenvalue weighted by Crippen LogP contribution is 2.24. The number of anilines is 1. The molecule has 0 aliphatic carbocycles. The summed E-state index contributed by atoms with van der Waals surface area (Å²) in [7, 11) is 0. The minimum Gasteiger partial charge on any atom is -0.365 e. The van der Waals surface area contributed by atoms with Crippen molar-refractivity contribution in [1.82, 2.24) is 15.0 Å². The second-order valence-electron chi connectivity index (χ2n) is 6.16. The van der Waals surface area contributed by atoms with Crippen molar-refractivity contribution in [3.63, 3.8) is 0 Å². The number of aromatic nitrogens is 3. The van der Waals surface area contributed by atoms with Gasteiger partial charge in [-0.1, -0.05) is 6.07 Å². The van der Waals surface area contributed by atoms with Crippen molar-refractivity contribution in [2.75, 3.05) is 5.32 Å². The first kappa shape index (κ1) is 16.5. The number of nitrogens with zero attached hydrogens (tertiary/aromatic N) is 3. The van der Waals surface area contributed by atoms with Crippen LogP contribution >= 0.6 is 12.6 Å². The molecule has 0 aliphatic heterocycles. The Balaban J connectivity index is 1.52. The van der Waals surface area contributed by atoms with Crippen molar-refractivity contribution in [3.05, 3.63) is 78.4 Å². The zero-order valence-corrected chi connectivity index (χ0v) is 15.2. The van der Waals surface area contributed by atoms with Crippen molar-refractivity contribution in [1.29, 1.82) is 0 Å². The second kappa shape index (κ2) is 7.14. The molecule has 3 heterocycles. The van der Waals surface area contributed by atoms with Crippen LogP contribution in [0.2, 0.25) is 0 Å². The Labute approximate surface area is 157 Å². The van der Waals surface area contributed by atoms with Crippen molar-refractivity contribution in [3.8, 4) is 11.3 Å². The van der Waals surface area contributed by atoms with Crippen LogP contribution in [0.15, 0.2) is 72.0 Å². The van der Waals surface area contributed by atoms with Crippen LogP contribution in [0.5, 0.6) is 0 Å². The molecule has 0 aliphatic rings. The van der Waals surface area contributed by atoms with Gasteiger partial charge in [-0.05, 0) is 60.3 Å². The summed E-state index contributed by atoms with van der Waals surface area (Å²) in [4.78, 5) is 14.2. The zero-order chi connectivity index (χ0) is 17.9. The molecule has 5 heteroatoms. The van der Waals surface area contributed by atoms with E-state index in [1.54, 1.807) is 0 Å². The Morgan fingerprint density at radius 2 is 1.81 bits per heavy atom. The van der Waals surface area contributed by atoms with E-state index in [1.165, 1.54) is 0 Å². The van der Waals surface area contributed by atoms with Gasteiger partial charge in [0.2, 0.25) is 0 Å². The predicted molar refractivity (Wildman–Crippen MR) is 109 cm³/mol. The molecule has 26 heavy (non-hydrogen) atoms. The zero-order valence-electron chi connectivity index (χ0n) is 14.3. The van der Waals surface area contributed by atoms with E-state index in [0.29, 0.717) is 6.54 Å². The molecule has 0 bridgehead atoms. The fourth-order valence-electron chi connectivity index (χ4n) is 2.90. The molecule has 0 saturated carbocycles. The maximum atomic E-state index is 4.58. The first-order valence-electron chi connectivity index (χ1n) is 8.38. The summed E-state index contributed by atoms with van der Waals surface area (Å²) in [5.74, 6) is 0.865.